The van der Waals surface area contributed by atoms with Gasteiger partial charge in [0.2, 0.25) is 0 Å². The number of benzene rings is 1. The van der Waals surface area contributed by atoms with Gasteiger partial charge in [-0.3, -0.25) is 0 Å². The Labute approximate surface area is 98.9 Å². The molecule has 0 aliphatic rings. The highest BCUT2D eigenvalue weighted by Crippen LogP contribution is 2.19. The molecule has 3 nitrogen and oxygen atoms in total. The lowest BCUT2D eigenvalue weighted by Crippen LogP contribution is -2.05. The maximum Gasteiger partial charge on any atom is 0.140 e. The normalized spacial score (nSPS) is 12.4. The van der Waals surface area contributed by atoms with Gasteiger partial charge in [0, 0.05) is 17.6 Å². The summed E-state index contributed by atoms with van der Waals surface area (Å²) in [5.74, 6) is 0.838. The highest BCUT2D eigenvalue weighted by atomic mass is 32.1. The number of aromatic nitrogens is 1. The van der Waals surface area contributed by atoms with Crippen LogP contribution >= 0.6 is 11.3 Å². The molecule has 0 unspecified atom stereocenters. The first-order valence-corrected chi connectivity index (χ1v) is 6.00. The summed E-state index contributed by atoms with van der Waals surface area (Å²) in [5, 5.41) is 2.92. The SMILES string of the molecule is C[C@H](N)c1cccc(OCc2nccs2)c1. The highest BCUT2D eigenvalue weighted by Gasteiger charge is 2.02. The van der Waals surface area contributed by atoms with E-state index in [0.29, 0.717) is 6.61 Å². The second kappa shape index (κ2) is 5.09. The summed E-state index contributed by atoms with van der Waals surface area (Å²) in [7, 11) is 0. The maximum atomic E-state index is 5.81. The molecule has 1 heterocycles. The Hall–Kier alpha value is -1.39. The van der Waals surface area contributed by atoms with E-state index in [-0.39, 0.29) is 6.04 Å². The van der Waals surface area contributed by atoms with Crippen LogP contribution in [0.3, 0.4) is 0 Å². The summed E-state index contributed by atoms with van der Waals surface area (Å²) in [4.78, 5) is 4.16. The first-order valence-electron chi connectivity index (χ1n) is 5.12. The predicted molar refractivity (Wildman–Crippen MR) is 65.5 cm³/mol. The highest BCUT2D eigenvalue weighted by molar-refractivity contribution is 7.09. The van der Waals surface area contributed by atoms with Crippen LogP contribution in [0.1, 0.15) is 23.5 Å². The van der Waals surface area contributed by atoms with Crippen molar-refractivity contribution in [3.8, 4) is 5.75 Å². The molecule has 0 spiro atoms. The van der Waals surface area contributed by atoms with Crippen LogP contribution in [0.5, 0.6) is 5.75 Å². The molecule has 0 aliphatic heterocycles. The molecule has 2 N–H and O–H groups in total. The van der Waals surface area contributed by atoms with Gasteiger partial charge in [-0.05, 0) is 24.6 Å². The van der Waals surface area contributed by atoms with E-state index >= 15 is 0 Å². The zero-order valence-electron chi connectivity index (χ0n) is 9.09. The minimum atomic E-state index is 0.0309. The Morgan fingerprint density at radius 1 is 1.50 bits per heavy atom. The molecule has 0 saturated heterocycles. The molecule has 4 heteroatoms. The summed E-state index contributed by atoms with van der Waals surface area (Å²) >= 11 is 1.59. The van der Waals surface area contributed by atoms with Crippen molar-refractivity contribution in [1.82, 2.24) is 4.98 Å². The third kappa shape index (κ3) is 2.81. The molecule has 0 saturated carbocycles. The van der Waals surface area contributed by atoms with Gasteiger partial charge in [-0.25, -0.2) is 4.98 Å². The molecule has 0 bridgehead atoms. The number of hydrogen-bond acceptors (Lipinski definition) is 4. The fraction of sp³-hybridized carbons (Fsp3) is 0.250. The van der Waals surface area contributed by atoms with E-state index in [1.807, 2.05) is 36.6 Å². The second-order valence-electron chi connectivity index (χ2n) is 3.58. The summed E-state index contributed by atoms with van der Waals surface area (Å²) < 4.78 is 5.63. The number of hydrogen-bond donors (Lipinski definition) is 1. The molecule has 2 aromatic rings. The molecule has 0 aliphatic carbocycles. The molecule has 0 amide bonds. The Morgan fingerprint density at radius 2 is 2.38 bits per heavy atom. The Kier molecular flexibility index (Phi) is 3.54. The molecule has 2 rings (SSSR count). The Morgan fingerprint density at radius 3 is 3.06 bits per heavy atom. The summed E-state index contributed by atoms with van der Waals surface area (Å²) in [6, 6.07) is 7.89. The van der Waals surface area contributed by atoms with E-state index in [1.165, 1.54) is 0 Å². The van der Waals surface area contributed by atoms with E-state index in [9.17, 15) is 0 Å². The van der Waals surface area contributed by atoms with Gasteiger partial charge in [0.1, 0.15) is 17.4 Å². The smallest absolute Gasteiger partial charge is 0.140 e. The molecule has 1 aromatic carbocycles. The standard InChI is InChI=1S/C12H14N2OS/c1-9(13)10-3-2-4-11(7-10)15-8-12-14-5-6-16-12/h2-7,9H,8,13H2,1H3/t9-/m0/s1. The largest absolute Gasteiger partial charge is 0.486 e. The summed E-state index contributed by atoms with van der Waals surface area (Å²) in [6.07, 6.45) is 1.78. The molecule has 1 aromatic heterocycles. The predicted octanol–water partition coefficient (Wildman–Crippen LogP) is 2.74. The van der Waals surface area contributed by atoms with Gasteiger partial charge in [-0.1, -0.05) is 12.1 Å². The average molecular weight is 234 g/mol. The van der Waals surface area contributed by atoms with Gasteiger partial charge in [0.25, 0.3) is 0 Å². The summed E-state index contributed by atoms with van der Waals surface area (Å²) in [5.41, 5.74) is 6.89. The molecule has 84 valence electrons. The van der Waals surface area contributed by atoms with E-state index in [0.717, 1.165) is 16.3 Å². The van der Waals surface area contributed by atoms with Crippen molar-refractivity contribution in [2.75, 3.05) is 0 Å². The van der Waals surface area contributed by atoms with Crippen LogP contribution in [0, 0.1) is 0 Å². The van der Waals surface area contributed by atoms with Crippen LogP contribution in [0.4, 0.5) is 0 Å². The van der Waals surface area contributed by atoms with Gasteiger partial charge >= 0.3 is 0 Å². The molecule has 16 heavy (non-hydrogen) atoms. The third-order valence-electron chi connectivity index (χ3n) is 2.23. The van der Waals surface area contributed by atoms with Crippen molar-refractivity contribution in [3.05, 3.63) is 46.4 Å². The van der Waals surface area contributed by atoms with Crippen molar-refractivity contribution in [1.29, 1.82) is 0 Å². The number of thiazole rings is 1. The lowest BCUT2D eigenvalue weighted by molar-refractivity contribution is 0.305. The van der Waals surface area contributed by atoms with Crippen LogP contribution < -0.4 is 10.5 Å². The third-order valence-corrected chi connectivity index (χ3v) is 2.98. The van der Waals surface area contributed by atoms with Gasteiger partial charge < -0.3 is 10.5 Å². The quantitative estimate of drug-likeness (QED) is 0.884. The first-order chi connectivity index (χ1) is 7.75. The van der Waals surface area contributed by atoms with Gasteiger partial charge in [-0.15, -0.1) is 11.3 Å². The van der Waals surface area contributed by atoms with Crippen molar-refractivity contribution in [2.45, 2.75) is 19.6 Å². The van der Waals surface area contributed by atoms with Gasteiger partial charge in [0.15, 0.2) is 0 Å². The zero-order chi connectivity index (χ0) is 11.4. The first kappa shape index (κ1) is 11.1. The van der Waals surface area contributed by atoms with E-state index in [1.54, 1.807) is 17.5 Å². The van der Waals surface area contributed by atoms with Crippen LogP contribution in [-0.4, -0.2) is 4.98 Å². The molecular weight excluding hydrogens is 220 g/mol. The lowest BCUT2D eigenvalue weighted by Gasteiger charge is -2.08. The number of ether oxygens (including phenoxy) is 1. The Bertz CT molecular complexity index is 440. The summed E-state index contributed by atoms with van der Waals surface area (Å²) in [6.45, 7) is 2.47. The lowest BCUT2D eigenvalue weighted by atomic mass is 10.1. The van der Waals surface area contributed by atoms with Crippen LogP contribution in [0.15, 0.2) is 35.8 Å². The van der Waals surface area contributed by atoms with E-state index in [2.05, 4.69) is 4.98 Å². The Balaban J connectivity index is 2.01. The van der Waals surface area contributed by atoms with Crippen LogP contribution in [-0.2, 0) is 6.61 Å². The average Bonchev–Trinajstić information content (AvgIpc) is 2.79. The zero-order valence-corrected chi connectivity index (χ0v) is 9.91. The van der Waals surface area contributed by atoms with Crippen molar-refractivity contribution >= 4 is 11.3 Å². The van der Waals surface area contributed by atoms with E-state index < -0.39 is 0 Å². The van der Waals surface area contributed by atoms with Gasteiger partial charge in [-0.2, -0.15) is 0 Å². The monoisotopic (exact) mass is 234 g/mol. The van der Waals surface area contributed by atoms with Crippen molar-refractivity contribution in [3.63, 3.8) is 0 Å². The van der Waals surface area contributed by atoms with Gasteiger partial charge in [0.05, 0.1) is 0 Å². The minimum Gasteiger partial charge on any atom is -0.486 e. The van der Waals surface area contributed by atoms with Crippen molar-refractivity contribution in [2.24, 2.45) is 5.73 Å². The maximum absolute atomic E-state index is 5.81. The van der Waals surface area contributed by atoms with Crippen molar-refractivity contribution < 1.29 is 4.74 Å². The number of nitrogens with zero attached hydrogens (tertiary/aromatic N) is 1. The fourth-order valence-electron chi connectivity index (χ4n) is 1.36. The van der Waals surface area contributed by atoms with Crippen LogP contribution in [0.25, 0.3) is 0 Å². The number of nitrogens with two attached hydrogens (primary N) is 1. The second-order valence-corrected chi connectivity index (χ2v) is 4.55. The van der Waals surface area contributed by atoms with Crippen LogP contribution in [0.2, 0.25) is 0 Å². The topological polar surface area (TPSA) is 48.1 Å². The molecule has 0 radical (unpaired) electrons. The number of rotatable bonds is 4. The molecule has 1 atom stereocenters. The molecule has 0 fully saturated rings. The van der Waals surface area contributed by atoms with E-state index in [4.69, 9.17) is 10.5 Å². The molecular formula is C12H14N2OS. The fourth-order valence-corrected chi connectivity index (χ4v) is 1.88. The minimum absolute atomic E-state index is 0.0309.